The minimum atomic E-state index is -0.964. The number of ether oxygens (including phenoxy) is 1. The van der Waals surface area contributed by atoms with Gasteiger partial charge in [-0.2, -0.15) is 0 Å². The van der Waals surface area contributed by atoms with E-state index in [4.69, 9.17) is 9.84 Å². The van der Waals surface area contributed by atoms with Crippen molar-refractivity contribution in [2.45, 2.75) is 26.8 Å². The van der Waals surface area contributed by atoms with Gasteiger partial charge in [-0.15, -0.1) is 0 Å². The zero-order valence-electron chi connectivity index (χ0n) is 13.8. The van der Waals surface area contributed by atoms with Gasteiger partial charge in [0.05, 0.1) is 18.6 Å². The zero-order valence-corrected chi connectivity index (χ0v) is 13.8. The molecule has 2 N–H and O–H groups in total. The second-order valence-corrected chi connectivity index (χ2v) is 5.58. The van der Waals surface area contributed by atoms with Crippen molar-refractivity contribution in [3.05, 3.63) is 64.7 Å². The molecule has 0 fully saturated rings. The minimum Gasteiger partial charge on any atom is -0.493 e. The third-order valence-corrected chi connectivity index (χ3v) is 3.83. The lowest BCUT2D eigenvalue weighted by Crippen LogP contribution is -2.24. The molecular weight excluding hydrogens is 306 g/mol. The number of nitrogens with one attached hydrogen (secondary N) is 1. The first-order chi connectivity index (χ1) is 11.5. The van der Waals surface area contributed by atoms with Crippen LogP contribution in [0.5, 0.6) is 5.75 Å². The van der Waals surface area contributed by atoms with Gasteiger partial charge in [-0.3, -0.25) is 4.79 Å². The maximum absolute atomic E-state index is 11.8. The van der Waals surface area contributed by atoms with Crippen molar-refractivity contribution < 1.29 is 19.4 Å². The van der Waals surface area contributed by atoms with E-state index in [9.17, 15) is 9.59 Å². The summed E-state index contributed by atoms with van der Waals surface area (Å²) in [6, 6.07) is 12.3. The number of amides is 1. The first-order valence-electron chi connectivity index (χ1n) is 7.75. The van der Waals surface area contributed by atoms with E-state index >= 15 is 0 Å². The molecule has 0 saturated heterocycles. The molecule has 0 aromatic heterocycles. The molecule has 126 valence electrons. The molecule has 0 heterocycles. The monoisotopic (exact) mass is 327 g/mol. The summed E-state index contributed by atoms with van der Waals surface area (Å²) in [7, 11) is 0. The lowest BCUT2D eigenvalue weighted by molar-refractivity contribution is -0.121. The Bertz CT molecular complexity index is 723. The number of benzene rings is 2. The molecule has 2 aromatic rings. The van der Waals surface area contributed by atoms with E-state index < -0.39 is 5.97 Å². The van der Waals surface area contributed by atoms with Gasteiger partial charge >= 0.3 is 5.97 Å². The van der Waals surface area contributed by atoms with Gasteiger partial charge in [0.2, 0.25) is 5.91 Å². The van der Waals surface area contributed by atoms with Crippen LogP contribution in [0.2, 0.25) is 0 Å². The third-order valence-electron chi connectivity index (χ3n) is 3.83. The van der Waals surface area contributed by atoms with Crippen LogP contribution in [-0.4, -0.2) is 23.6 Å². The molecule has 5 nitrogen and oxygen atoms in total. The van der Waals surface area contributed by atoms with Gasteiger partial charge < -0.3 is 15.2 Å². The zero-order chi connectivity index (χ0) is 17.5. The van der Waals surface area contributed by atoms with Crippen LogP contribution in [0.3, 0.4) is 0 Å². The van der Waals surface area contributed by atoms with Gasteiger partial charge in [0.25, 0.3) is 0 Å². The summed E-state index contributed by atoms with van der Waals surface area (Å²) >= 11 is 0. The highest BCUT2D eigenvalue weighted by Crippen LogP contribution is 2.20. The van der Waals surface area contributed by atoms with E-state index in [1.807, 2.05) is 32.0 Å². The van der Waals surface area contributed by atoms with Crippen molar-refractivity contribution in [1.29, 1.82) is 0 Å². The van der Waals surface area contributed by atoms with Crippen LogP contribution in [0.25, 0.3) is 0 Å². The summed E-state index contributed by atoms with van der Waals surface area (Å²) < 4.78 is 5.66. The molecule has 0 aliphatic heterocycles. The lowest BCUT2D eigenvalue weighted by Gasteiger charge is -2.11. The van der Waals surface area contributed by atoms with Gasteiger partial charge in [-0.05, 0) is 48.7 Å². The Labute approximate surface area is 141 Å². The number of rotatable bonds is 7. The fourth-order valence-electron chi connectivity index (χ4n) is 2.19. The number of aryl methyl sites for hydroxylation is 1. The summed E-state index contributed by atoms with van der Waals surface area (Å²) in [5.41, 5.74) is 3.31. The Morgan fingerprint density at radius 2 is 1.79 bits per heavy atom. The van der Waals surface area contributed by atoms with Gasteiger partial charge in [-0.25, -0.2) is 4.79 Å². The minimum absolute atomic E-state index is 0.109. The maximum Gasteiger partial charge on any atom is 0.335 e. The molecule has 0 spiro atoms. The largest absolute Gasteiger partial charge is 0.493 e. The van der Waals surface area contributed by atoms with E-state index in [0.29, 0.717) is 13.2 Å². The van der Waals surface area contributed by atoms with E-state index in [1.165, 1.54) is 12.1 Å². The third kappa shape index (κ3) is 4.84. The van der Waals surface area contributed by atoms with Gasteiger partial charge in [0.1, 0.15) is 5.75 Å². The predicted molar refractivity (Wildman–Crippen MR) is 91.3 cm³/mol. The molecule has 0 saturated carbocycles. The molecule has 2 aromatic carbocycles. The SMILES string of the molecule is Cc1cccc(OCCC(=O)NCc2ccc(C(=O)O)cc2)c1C. The van der Waals surface area contributed by atoms with Crippen molar-refractivity contribution in [2.24, 2.45) is 0 Å². The number of carbonyl (C=O) groups is 2. The Morgan fingerprint density at radius 1 is 1.08 bits per heavy atom. The second kappa shape index (κ2) is 8.15. The molecule has 0 atom stereocenters. The Balaban J connectivity index is 1.75. The highest BCUT2D eigenvalue weighted by molar-refractivity contribution is 5.87. The second-order valence-electron chi connectivity index (χ2n) is 5.58. The first kappa shape index (κ1) is 17.5. The standard InChI is InChI=1S/C19H21NO4/c1-13-4-3-5-17(14(13)2)24-11-10-18(21)20-12-15-6-8-16(9-7-15)19(22)23/h3-9H,10-12H2,1-2H3,(H,20,21)(H,22,23). The maximum atomic E-state index is 11.8. The Morgan fingerprint density at radius 3 is 2.46 bits per heavy atom. The quantitative estimate of drug-likeness (QED) is 0.819. The predicted octanol–water partition coefficient (Wildman–Crippen LogP) is 3.09. The summed E-state index contributed by atoms with van der Waals surface area (Å²) in [6.45, 7) is 4.69. The Kier molecular flexibility index (Phi) is 5.95. The molecular formula is C19H21NO4. The van der Waals surface area contributed by atoms with E-state index in [0.717, 1.165) is 22.4 Å². The molecule has 24 heavy (non-hydrogen) atoms. The van der Waals surface area contributed by atoms with Crippen molar-refractivity contribution in [3.63, 3.8) is 0 Å². The molecule has 0 radical (unpaired) electrons. The summed E-state index contributed by atoms with van der Waals surface area (Å²) in [5.74, 6) is -0.274. The highest BCUT2D eigenvalue weighted by atomic mass is 16.5. The van der Waals surface area contributed by atoms with Gasteiger partial charge in [-0.1, -0.05) is 24.3 Å². The number of carboxylic acids is 1. The normalized spacial score (nSPS) is 10.2. The molecule has 2 rings (SSSR count). The fraction of sp³-hybridized carbons (Fsp3) is 0.263. The average molecular weight is 327 g/mol. The van der Waals surface area contributed by atoms with Crippen molar-refractivity contribution >= 4 is 11.9 Å². The van der Waals surface area contributed by atoms with Crippen molar-refractivity contribution in [1.82, 2.24) is 5.32 Å². The van der Waals surface area contributed by atoms with Crippen LogP contribution in [0.15, 0.2) is 42.5 Å². The van der Waals surface area contributed by atoms with E-state index in [-0.39, 0.29) is 17.9 Å². The van der Waals surface area contributed by atoms with E-state index in [1.54, 1.807) is 12.1 Å². The summed E-state index contributed by atoms with van der Waals surface area (Å²) in [6.07, 6.45) is 0.264. The number of hydrogen-bond donors (Lipinski definition) is 2. The molecule has 0 aliphatic carbocycles. The van der Waals surface area contributed by atoms with Crippen molar-refractivity contribution in [3.8, 4) is 5.75 Å². The van der Waals surface area contributed by atoms with Crippen LogP contribution in [0.1, 0.15) is 33.5 Å². The number of hydrogen-bond acceptors (Lipinski definition) is 3. The average Bonchev–Trinajstić information content (AvgIpc) is 2.57. The smallest absolute Gasteiger partial charge is 0.335 e. The number of aromatic carboxylic acids is 1. The fourth-order valence-corrected chi connectivity index (χ4v) is 2.19. The first-order valence-corrected chi connectivity index (χ1v) is 7.75. The summed E-state index contributed by atoms with van der Waals surface area (Å²) in [4.78, 5) is 22.6. The molecule has 0 unspecified atom stereocenters. The number of carboxylic acid groups (broad SMARTS) is 1. The van der Waals surface area contributed by atoms with Crippen molar-refractivity contribution in [2.75, 3.05) is 6.61 Å². The summed E-state index contributed by atoms with van der Waals surface area (Å²) in [5, 5.41) is 11.6. The topological polar surface area (TPSA) is 75.6 Å². The van der Waals surface area contributed by atoms with Gasteiger partial charge in [0.15, 0.2) is 0 Å². The van der Waals surface area contributed by atoms with Gasteiger partial charge in [0, 0.05) is 6.54 Å². The molecule has 0 aliphatic rings. The molecule has 1 amide bonds. The lowest BCUT2D eigenvalue weighted by atomic mass is 10.1. The Hall–Kier alpha value is -2.82. The van der Waals surface area contributed by atoms with Crippen LogP contribution in [-0.2, 0) is 11.3 Å². The van der Waals surface area contributed by atoms with Crippen LogP contribution in [0.4, 0.5) is 0 Å². The van der Waals surface area contributed by atoms with E-state index in [2.05, 4.69) is 5.32 Å². The highest BCUT2D eigenvalue weighted by Gasteiger charge is 2.06. The van der Waals surface area contributed by atoms with Crippen LogP contribution < -0.4 is 10.1 Å². The molecule has 5 heteroatoms. The van der Waals surface area contributed by atoms with Crippen LogP contribution in [0, 0.1) is 13.8 Å². The number of carbonyl (C=O) groups excluding carboxylic acids is 1. The van der Waals surface area contributed by atoms with Crippen LogP contribution >= 0.6 is 0 Å². The molecule has 0 bridgehead atoms.